The number of aryl methyl sites for hydroxylation is 1. The zero-order valence-corrected chi connectivity index (χ0v) is 16.2. The molecule has 142 valence electrons. The third-order valence-corrected chi connectivity index (χ3v) is 7.95. The minimum absolute atomic E-state index is 0.415. The quantitative estimate of drug-likeness (QED) is 0.763. The van der Waals surface area contributed by atoms with E-state index in [1.165, 1.54) is 44.9 Å². The predicted molar refractivity (Wildman–Crippen MR) is 110 cm³/mol. The number of para-hydroxylation sites is 1. The number of fused-ring (bicyclic) bond motifs is 5. The SMILES string of the molecule is Oc1ccccc1CNC[C@@]12CCC[C@H]1[C@@H]1CCc3ccccc3[C@H]1CC2. The number of nitrogens with one attached hydrogen (secondary N) is 1. The number of hydrogen-bond acceptors (Lipinski definition) is 2. The Bertz CT molecular complexity index is 815. The Morgan fingerprint density at radius 3 is 2.74 bits per heavy atom. The molecule has 0 bridgehead atoms. The van der Waals surface area contributed by atoms with E-state index in [2.05, 4.69) is 29.6 Å². The maximum atomic E-state index is 10.0. The summed E-state index contributed by atoms with van der Waals surface area (Å²) < 4.78 is 0. The van der Waals surface area contributed by atoms with Gasteiger partial charge in [-0.05, 0) is 78.9 Å². The monoisotopic (exact) mass is 361 g/mol. The topological polar surface area (TPSA) is 32.3 Å². The van der Waals surface area contributed by atoms with Crippen molar-refractivity contribution >= 4 is 0 Å². The number of rotatable bonds is 4. The van der Waals surface area contributed by atoms with Crippen LogP contribution in [0, 0.1) is 17.3 Å². The van der Waals surface area contributed by atoms with Crippen molar-refractivity contribution in [2.75, 3.05) is 6.54 Å². The van der Waals surface area contributed by atoms with E-state index in [4.69, 9.17) is 0 Å². The molecule has 0 radical (unpaired) electrons. The summed E-state index contributed by atoms with van der Waals surface area (Å²) in [7, 11) is 0. The van der Waals surface area contributed by atoms with Gasteiger partial charge >= 0.3 is 0 Å². The molecule has 3 aliphatic rings. The molecule has 2 N–H and O–H groups in total. The van der Waals surface area contributed by atoms with Gasteiger partial charge in [0.05, 0.1) is 0 Å². The lowest BCUT2D eigenvalue weighted by Crippen LogP contribution is -2.46. The molecule has 0 saturated heterocycles. The smallest absolute Gasteiger partial charge is 0.120 e. The molecule has 2 aromatic carbocycles. The summed E-state index contributed by atoms with van der Waals surface area (Å²) in [5, 5.41) is 13.8. The van der Waals surface area contributed by atoms with E-state index in [0.29, 0.717) is 11.2 Å². The van der Waals surface area contributed by atoms with Crippen LogP contribution in [0.3, 0.4) is 0 Å². The fourth-order valence-electron chi connectivity index (χ4n) is 6.73. The van der Waals surface area contributed by atoms with Crippen molar-refractivity contribution in [2.45, 2.75) is 57.4 Å². The predicted octanol–water partition coefficient (Wildman–Crippen LogP) is 5.41. The Morgan fingerprint density at radius 2 is 1.81 bits per heavy atom. The van der Waals surface area contributed by atoms with Crippen LogP contribution in [-0.4, -0.2) is 11.7 Å². The van der Waals surface area contributed by atoms with Crippen LogP contribution in [0.15, 0.2) is 48.5 Å². The van der Waals surface area contributed by atoms with Crippen LogP contribution in [0.2, 0.25) is 0 Å². The number of phenols is 1. The van der Waals surface area contributed by atoms with Crippen LogP contribution in [-0.2, 0) is 13.0 Å². The Hall–Kier alpha value is -1.80. The molecule has 2 fully saturated rings. The second-order valence-corrected chi connectivity index (χ2v) is 9.14. The third kappa shape index (κ3) is 2.99. The number of benzene rings is 2. The van der Waals surface area contributed by atoms with Crippen molar-refractivity contribution in [1.82, 2.24) is 5.32 Å². The largest absolute Gasteiger partial charge is 0.508 e. The zero-order valence-electron chi connectivity index (χ0n) is 16.2. The van der Waals surface area contributed by atoms with E-state index in [0.717, 1.165) is 36.4 Å². The average Bonchev–Trinajstić information content (AvgIpc) is 3.13. The second-order valence-electron chi connectivity index (χ2n) is 9.14. The summed E-state index contributed by atoms with van der Waals surface area (Å²) in [6.07, 6.45) is 9.58. The molecule has 0 heterocycles. The van der Waals surface area contributed by atoms with Gasteiger partial charge < -0.3 is 10.4 Å². The third-order valence-electron chi connectivity index (χ3n) is 7.95. The minimum atomic E-state index is 0.415. The molecular weight excluding hydrogens is 330 g/mol. The molecular formula is C25H31NO. The molecule has 27 heavy (non-hydrogen) atoms. The van der Waals surface area contributed by atoms with Crippen molar-refractivity contribution < 1.29 is 5.11 Å². The molecule has 2 saturated carbocycles. The van der Waals surface area contributed by atoms with Crippen LogP contribution >= 0.6 is 0 Å². The molecule has 2 aromatic rings. The molecule has 0 amide bonds. The normalized spacial score (nSPS) is 31.8. The minimum Gasteiger partial charge on any atom is -0.508 e. The molecule has 0 aromatic heterocycles. The molecule has 4 atom stereocenters. The van der Waals surface area contributed by atoms with Crippen molar-refractivity contribution in [2.24, 2.45) is 17.3 Å². The lowest BCUT2D eigenvalue weighted by atomic mass is 9.55. The van der Waals surface area contributed by atoms with Crippen molar-refractivity contribution in [3.05, 3.63) is 65.2 Å². The molecule has 2 heteroatoms. The van der Waals surface area contributed by atoms with E-state index in [-0.39, 0.29) is 0 Å². The number of aromatic hydroxyl groups is 1. The first-order valence-electron chi connectivity index (χ1n) is 10.8. The standard InChI is InChI=1S/C25H31NO/c27-24-10-4-2-7-19(24)16-26-17-25-14-5-9-23(25)22-12-11-18-6-1-3-8-20(18)21(22)13-15-25/h1-4,6-8,10,21-23,26-27H,5,9,11-17H2/t21-,22-,23+,25+/m1/s1. The summed E-state index contributed by atoms with van der Waals surface area (Å²) >= 11 is 0. The number of phenolic OH excluding ortho intramolecular Hbond substituents is 1. The number of hydrogen-bond donors (Lipinski definition) is 2. The summed E-state index contributed by atoms with van der Waals surface area (Å²) in [6.45, 7) is 1.88. The Kier molecular flexibility index (Phi) is 4.47. The van der Waals surface area contributed by atoms with Crippen LogP contribution in [0.5, 0.6) is 5.75 Å². The molecule has 5 rings (SSSR count). The summed E-state index contributed by atoms with van der Waals surface area (Å²) in [5.41, 5.74) is 4.78. The van der Waals surface area contributed by atoms with Crippen LogP contribution in [0.1, 0.15) is 61.1 Å². The van der Waals surface area contributed by atoms with Crippen molar-refractivity contribution in [3.8, 4) is 5.75 Å². The van der Waals surface area contributed by atoms with Crippen molar-refractivity contribution in [1.29, 1.82) is 0 Å². The maximum absolute atomic E-state index is 10.0. The zero-order chi connectivity index (χ0) is 18.3. The average molecular weight is 362 g/mol. The highest BCUT2D eigenvalue weighted by atomic mass is 16.3. The molecule has 0 spiro atoms. The van der Waals surface area contributed by atoms with Crippen molar-refractivity contribution in [3.63, 3.8) is 0 Å². The van der Waals surface area contributed by atoms with Gasteiger partial charge in [0, 0.05) is 18.7 Å². The Labute approximate surface area is 163 Å². The molecule has 0 unspecified atom stereocenters. The van der Waals surface area contributed by atoms with Gasteiger partial charge in [-0.25, -0.2) is 0 Å². The lowest BCUT2D eigenvalue weighted by Gasteiger charge is -2.51. The van der Waals surface area contributed by atoms with Crippen LogP contribution in [0.25, 0.3) is 0 Å². The first-order valence-corrected chi connectivity index (χ1v) is 10.8. The van der Waals surface area contributed by atoms with E-state index in [9.17, 15) is 5.11 Å². The summed E-state index contributed by atoms with van der Waals surface area (Å²) in [4.78, 5) is 0. The first kappa shape index (κ1) is 17.3. The second kappa shape index (κ2) is 6.98. The van der Waals surface area contributed by atoms with Gasteiger partial charge in [0.1, 0.15) is 5.75 Å². The van der Waals surface area contributed by atoms with Gasteiger partial charge in [-0.15, -0.1) is 0 Å². The summed E-state index contributed by atoms with van der Waals surface area (Å²) in [6, 6.07) is 16.9. The fourth-order valence-corrected chi connectivity index (χ4v) is 6.73. The van der Waals surface area contributed by atoms with E-state index >= 15 is 0 Å². The van der Waals surface area contributed by atoms with E-state index < -0.39 is 0 Å². The maximum Gasteiger partial charge on any atom is 0.120 e. The van der Waals surface area contributed by atoms with Gasteiger partial charge in [-0.1, -0.05) is 48.9 Å². The highest BCUT2D eigenvalue weighted by molar-refractivity contribution is 5.35. The van der Waals surface area contributed by atoms with Gasteiger partial charge in [-0.2, -0.15) is 0 Å². The van der Waals surface area contributed by atoms with Gasteiger partial charge in [0.15, 0.2) is 0 Å². The molecule has 2 nitrogen and oxygen atoms in total. The Morgan fingerprint density at radius 1 is 0.963 bits per heavy atom. The van der Waals surface area contributed by atoms with Crippen LogP contribution < -0.4 is 5.32 Å². The van der Waals surface area contributed by atoms with Gasteiger partial charge in [-0.3, -0.25) is 0 Å². The Balaban J connectivity index is 1.32. The lowest BCUT2D eigenvalue weighted by molar-refractivity contribution is 0.0438. The molecule has 3 aliphatic carbocycles. The van der Waals surface area contributed by atoms with E-state index in [1.54, 1.807) is 17.2 Å². The first-order chi connectivity index (χ1) is 13.3. The van der Waals surface area contributed by atoms with Gasteiger partial charge in [0.25, 0.3) is 0 Å². The van der Waals surface area contributed by atoms with E-state index in [1.807, 2.05) is 18.2 Å². The van der Waals surface area contributed by atoms with Gasteiger partial charge in [0.2, 0.25) is 0 Å². The summed E-state index contributed by atoms with van der Waals surface area (Å²) in [5.74, 6) is 2.96. The van der Waals surface area contributed by atoms with Crippen LogP contribution in [0.4, 0.5) is 0 Å². The molecule has 0 aliphatic heterocycles. The highest BCUT2D eigenvalue weighted by Crippen LogP contribution is 2.60. The highest BCUT2D eigenvalue weighted by Gasteiger charge is 2.52. The fraction of sp³-hybridized carbons (Fsp3) is 0.520.